The van der Waals surface area contributed by atoms with Gasteiger partial charge in [-0.1, -0.05) is 23.8 Å². The van der Waals surface area contributed by atoms with Crippen molar-refractivity contribution in [2.75, 3.05) is 24.3 Å². The van der Waals surface area contributed by atoms with Crippen molar-refractivity contribution < 1.29 is 0 Å². The SMILES string of the molecule is CN(C)c1ccc(NC2CC3CC=CC32)cc1Cl. The van der Waals surface area contributed by atoms with Gasteiger partial charge < -0.3 is 10.2 Å². The summed E-state index contributed by atoms with van der Waals surface area (Å²) in [6.45, 7) is 0. The molecular weight excluding hydrogens is 244 g/mol. The third-order valence-corrected chi connectivity index (χ3v) is 4.45. The zero-order chi connectivity index (χ0) is 12.7. The van der Waals surface area contributed by atoms with E-state index in [0.29, 0.717) is 6.04 Å². The molecule has 1 fully saturated rings. The summed E-state index contributed by atoms with van der Waals surface area (Å²) in [5, 5.41) is 4.41. The van der Waals surface area contributed by atoms with Crippen molar-refractivity contribution in [2.24, 2.45) is 11.8 Å². The molecule has 0 radical (unpaired) electrons. The van der Waals surface area contributed by atoms with Crippen LogP contribution in [0.25, 0.3) is 0 Å². The highest BCUT2D eigenvalue weighted by molar-refractivity contribution is 6.33. The van der Waals surface area contributed by atoms with E-state index >= 15 is 0 Å². The number of halogens is 1. The molecule has 18 heavy (non-hydrogen) atoms. The second-order valence-electron chi connectivity index (χ2n) is 5.55. The Morgan fingerprint density at radius 1 is 1.33 bits per heavy atom. The molecule has 3 heteroatoms. The second-order valence-corrected chi connectivity index (χ2v) is 5.96. The Morgan fingerprint density at radius 3 is 2.83 bits per heavy atom. The minimum atomic E-state index is 0.593. The fraction of sp³-hybridized carbons (Fsp3) is 0.467. The van der Waals surface area contributed by atoms with E-state index in [1.54, 1.807) is 0 Å². The first-order valence-corrected chi connectivity index (χ1v) is 6.93. The molecule has 2 aliphatic carbocycles. The molecule has 2 nitrogen and oxygen atoms in total. The first-order valence-electron chi connectivity index (χ1n) is 6.55. The summed E-state index contributed by atoms with van der Waals surface area (Å²) in [6.07, 6.45) is 7.23. The predicted octanol–water partition coefficient (Wildman–Crippen LogP) is 3.78. The van der Waals surface area contributed by atoms with Crippen LogP contribution in [-0.2, 0) is 0 Å². The molecule has 0 aromatic heterocycles. The van der Waals surface area contributed by atoms with Gasteiger partial charge >= 0.3 is 0 Å². The Labute approximate surface area is 114 Å². The summed E-state index contributed by atoms with van der Waals surface area (Å²) in [5.41, 5.74) is 2.20. The monoisotopic (exact) mass is 262 g/mol. The van der Waals surface area contributed by atoms with E-state index in [2.05, 4.69) is 29.6 Å². The van der Waals surface area contributed by atoms with Gasteiger partial charge in [0.2, 0.25) is 0 Å². The van der Waals surface area contributed by atoms with Crippen LogP contribution in [0.5, 0.6) is 0 Å². The van der Waals surface area contributed by atoms with Crippen molar-refractivity contribution in [2.45, 2.75) is 18.9 Å². The molecular formula is C15H19ClN2. The van der Waals surface area contributed by atoms with E-state index in [-0.39, 0.29) is 0 Å². The van der Waals surface area contributed by atoms with Gasteiger partial charge in [0, 0.05) is 31.7 Å². The molecule has 1 saturated carbocycles. The first-order chi connectivity index (χ1) is 8.65. The standard InChI is InChI=1S/C15H19ClN2/c1-18(2)15-7-6-11(9-13(15)16)17-14-8-10-4-3-5-12(10)14/h3,5-7,9-10,12,14,17H,4,8H2,1-2H3. The minimum absolute atomic E-state index is 0.593. The summed E-state index contributed by atoms with van der Waals surface area (Å²) < 4.78 is 0. The lowest BCUT2D eigenvalue weighted by Gasteiger charge is -2.41. The summed E-state index contributed by atoms with van der Waals surface area (Å²) in [4.78, 5) is 2.03. The third-order valence-electron chi connectivity index (χ3n) is 4.14. The summed E-state index contributed by atoms with van der Waals surface area (Å²) in [6, 6.07) is 6.82. The van der Waals surface area contributed by atoms with Crippen LogP contribution in [0.3, 0.4) is 0 Å². The first kappa shape index (κ1) is 11.9. The number of nitrogens with one attached hydrogen (secondary N) is 1. The molecule has 0 heterocycles. The fourth-order valence-corrected chi connectivity index (χ4v) is 3.41. The predicted molar refractivity (Wildman–Crippen MR) is 78.5 cm³/mol. The van der Waals surface area contributed by atoms with Gasteiger partial charge in [-0.2, -0.15) is 0 Å². The van der Waals surface area contributed by atoms with Crippen molar-refractivity contribution in [3.63, 3.8) is 0 Å². The van der Waals surface area contributed by atoms with Crippen LogP contribution in [0, 0.1) is 11.8 Å². The summed E-state index contributed by atoms with van der Waals surface area (Å²) >= 11 is 6.28. The zero-order valence-corrected chi connectivity index (χ0v) is 11.6. The molecule has 1 aromatic carbocycles. The lowest BCUT2D eigenvalue weighted by molar-refractivity contribution is 0.218. The van der Waals surface area contributed by atoms with E-state index in [0.717, 1.165) is 28.2 Å². The normalized spacial score (nSPS) is 28.7. The Balaban J connectivity index is 1.70. The smallest absolute Gasteiger partial charge is 0.0659 e. The maximum absolute atomic E-state index is 6.28. The molecule has 0 bridgehead atoms. The van der Waals surface area contributed by atoms with E-state index in [1.165, 1.54) is 12.8 Å². The average molecular weight is 263 g/mol. The van der Waals surface area contributed by atoms with Crippen molar-refractivity contribution in [1.82, 2.24) is 0 Å². The molecule has 3 rings (SSSR count). The van der Waals surface area contributed by atoms with E-state index in [1.807, 2.05) is 25.1 Å². The van der Waals surface area contributed by atoms with E-state index in [9.17, 15) is 0 Å². The van der Waals surface area contributed by atoms with E-state index < -0.39 is 0 Å². The van der Waals surface area contributed by atoms with Gasteiger partial charge in [0.25, 0.3) is 0 Å². The topological polar surface area (TPSA) is 15.3 Å². The van der Waals surface area contributed by atoms with Crippen molar-refractivity contribution in [3.8, 4) is 0 Å². The van der Waals surface area contributed by atoms with Crippen LogP contribution < -0.4 is 10.2 Å². The summed E-state index contributed by atoms with van der Waals surface area (Å²) in [7, 11) is 4.02. The van der Waals surface area contributed by atoms with Gasteiger partial charge in [-0.05, 0) is 37.0 Å². The largest absolute Gasteiger partial charge is 0.382 e. The van der Waals surface area contributed by atoms with E-state index in [4.69, 9.17) is 11.6 Å². The molecule has 0 amide bonds. The number of allylic oxidation sites excluding steroid dienone is 1. The van der Waals surface area contributed by atoms with Crippen molar-refractivity contribution in [3.05, 3.63) is 35.4 Å². The molecule has 3 atom stereocenters. The average Bonchev–Trinajstić information content (AvgIpc) is 2.67. The number of hydrogen-bond acceptors (Lipinski definition) is 2. The van der Waals surface area contributed by atoms with Crippen molar-refractivity contribution in [1.29, 1.82) is 0 Å². The van der Waals surface area contributed by atoms with Crippen molar-refractivity contribution >= 4 is 23.0 Å². The zero-order valence-electron chi connectivity index (χ0n) is 10.9. The maximum atomic E-state index is 6.28. The van der Waals surface area contributed by atoms with Crippen LogP contribution >= 0.6 is 11.6 Å². The molecule has 0 saturated heterocycles. The quantitative estimate of drug-likeness (QED) is 0.834. The van der Waals surface area contributed by atoms with Gasteiger partial charge in [-0.25, -0.2) is 0 Å². The Hall–Kier alpha value is -1.15. The molecule has 1 N–H and O–H groups in total. The Bertz CT molecular complexity index is 481. The fourth-order valence-electron chi connectivity index (χ4n) is 3.06. The minimum Gasteiger partial charge on any atom is -0.382 e. The van der Waals surface area contributed by atoms with Gasteiger partial charge in [-0.3, -0.25) is 0 Å². The molecule has 0 spiro atoms. The van der Waals surface area contributed by atoms with Gasteiger partial charge in [0.15, 0.2) is 0 Å². The van der Waals surface area contributed by atoms with Gasteiger partial charge in [-0.15, -0.1) is 0 Å². The van der Waals surface area contributed by atoms with Crippen LogP contribution in [-0.4, -0.2) is 20.1 Å². The number of fused-ring (bicyclic) bond motifs is 1. The van der Waals surface area contributed by atoms with Crippen LogP contribution in [0.15, 0.2) is 30.4 Å². The highest BCUT2D eigenvalue weighted by Gasteiger charge is 2.40. The lowest BCUT2D eigenvalue weighted by atomic mass is 9.71. The van der Waals surface area contributed by atoms with Gasteiger partial charge in [0.05, 0.1) is 10.7 Å². The van der Waals surface area contributed by atoms with Crippen LogP contribution in [0.1, 0.15) is 12.8 Å². The van der Waals surface area contributed by atoms with Crippen LogP contribution in [0.4, 0.5) is 11.4 Å². The molecule has 96 valence electrons. The molecule has 0 aliphatic heterocycles. The number of benzene rings is 1. The molecule has 3 unspecified atom stereocenters. The maximum Gasteiger partial charge on any atom is 0.0659 e. The Kier molecular flexibility index (Phi) is 2.98. The van der Waals surface area contributed by atoms with Gasteiger partial charge in [0.1, 0.15) is 0 Å². The Morgan fingerprint density at radius 2 is 2.17 bits per heavy atom. The molecule has 1 aromatic rings. The number of hydrogen-bond donors (Lipinski definition) is 1. The highest BCUT2D eigenvalue weighted by Crippen LogP contribution is 2.44. The third kappa shape index (κ3) is 1.99. The second kappa shape index (κ2) is 4.51. The summed E-state index contributed by atoms with van der Waals surface area (Å²) in [5.74, 6) is 1.62. The number of nitrogens with zero attached hydrogens (tertiary/aromatic N) is 1. The van der Waals surface area contributed by atoms with Crippen LogP contribution in [0.2, 0.25) is 5.02 Å². The molecule has 2 aliphatic rings. The highest BCUT2D eigenvalue weighted by atomic mass is 35.5. The number of rotatable bonds is 3. The number of anilines is 2. The lowest BCUT2D eigenvalue weighted by Crippen LogP contribution is -2.43.